The molecule has 0 bridgehead atoms. The Morgan fingerprint density at radius 1 is 1.44 bits per heavy atom. The van der Waals surface area contributed by atoms with E-state index in [0.717, 1.165) is 18.8 Å². The van der Waals surface area contributed by atoms with Gasteiger partial charge in [0.1, 0.15) is 5.75 Å². The molecular weight excluding hydrogens is 322 g/mol. The van der Waals surface area contributed by atoms with Gasteiger partial charge in [0.2, 0.25) is 11.8 Å². The number of carbonyl (C=O) groups excluding carboxylic acids is 2. The molecule has 0 aromatic heterocycles. The van der Waals surface area contributed by atoms with Gasteiger partial charge in [-0.25, -0.2) is 10.9 Å². The molecule has 3 N–H and O–H groups in total. The third-order valence-electron chi connectivity index (χ3n) is 4.09. The van der Waals surface area contributed by atoms with Gasteiger partial charge in [0, 0.05) is 42.5 Å². The van der Waals surface area contributed by atoms with E-state index in [4.69, 9.17) is 0 Å². The zero-order chi connectivity index (χ0) is 18.4. The van der Waals surface area contributed by atoms with Crippen LogP contribution in [0.25, 0.3) is 0 Å². The van der Waals surface area contributed by atoms with Crippen LogP contribution in [0.2, 0.25) is 0 Å². The highest BCUT2D eigenvalue weighted by atomic mass is 16.3. The largest absolute Gasteiger partial charge is 0.507 e. The standard InChI is InChI=1S/C17H23N5O3/c1-4-22(5-2)13-7-6-12(15(23)8-13)10-18-20-16(24)9-14-11(3)19-21-17(14)25/h6-8,10,14,23H,4-5,9H2,1-3H3,(H,20,24)(H,21,25)/t14-/m0/s1. The molecule has 1 heterocycles. The van der Waals surface area contributed by atoms with E-state index in [9.17, 15) is 14.7 Å². The lowest BCUT2D eigenvalue weighted by Gasteiger charge is -2.21. The number of amides is 2. The molecule has 0 saturated heterocycles. The molecule has 1 aromatic rings. The van der Waals surface area contributed by atoms with E-state index in [-0.39, 0.29) is 18.1 Å². The minimum absolute atomic E-state index is 0.0224. The highest BCUT2D eigenvalue weighted by molar-refractivity contribution is 6.09. The van der Waals surface area contributed by atoms with Gasteiger partial charge in [-0.2, -0.15) is 10.2 Å². The molecule has 0 unspecified atom stereocenters. The first-order valence-corrected chi connectivity index (χ1v) is 8.20. The van der Waals surface area contributed by atoms with Gasteiger partial charge in [-0.1, -0.05) is 0 Å². The molecule has 2 amide bonds. The van der Waals surface area contributed by atoms with Crippen LogP contribution in [0.15, 0.2) is 28.4 Å². The molecule has 1 aliphatic heterocycles. The number of anilines is 1. The topological polar surface area (TPSA) is 106 Å². The molecule has 1 aliphatic rings. The fraction of sp³-hybridized carbons (Fsp3) is 0.412. The number of hydrogen-bond acceptors (Lipinski definition) is 6. The van der Waals surface area contributed by atoms with Gasteiger partial charge in [-0.15, -0.1) is 0 Å². The summed E-state index contributed by atoms with van der Waals surface area (Å²) in [5.74, 6) is -1.16. The van der Waals surface area contributed by atoms with Crippen molar-refractivity contribution >= 4 is 29.4 Å². The van der Waals surface area contributed by atoms with Crippen LogP contribution < -0.4 is 15.8 Å². The number of hydrazone groups is 2. The molecule has 0 saturated carbocycles. The summed E-state index contributed by atoms with van der Waals surface area (Å²) in [6.07, 6.45) is 1.35. The van der Waals surface area contributed by atoms with E-state index < -0.39 is 11.8 Å². The van der Waals surface area contributed by atoms with Gasteiger partial charge >= 0.3 is 0 Å². The van der Waals surface area contributed by atoms with Crippen LogP contribution in [0.3, 0.4) is 0 Å². The van der Waals surface area contributed by atoms with Gasteiger partial charge in [0.05, 0.1) is 12.1 Å². The minimum atomic E-state index is -0.558. The second-order valence-corrected chi connectivity index (χ2v) is 5.69. The van der Waals surface area contributed by atoms with Gasteiger partial charge < -0.3 is 10.0 Å². The molecule has 8 nitrogen and oxygen atoms in total. The Bertz CT molecular complexity index is 710. The second kappa shape index (κ2) is 8.27. The molecule has 0 fully saturated rings. The van der Waals surface area contributed by atoms with Gasteiger partial charge in [0.15, 0.2) is 0 Å². The van der Waals surface area contributed by atoms with Crippen molar-refractivity contribution in [1.82, 2.24) is 10.9 Å². The van der Waals surface area contributed by atoms with Gasteiger partial charge in [-0.05, 0) is 32.9 Å². The minimum Gasteiger partial charge on any atom is -0.507 e. The monoisotopic (exact) mass is 345 g/mol. The summed E-state index contributed by atoms with van der Waals surface area (Å²) in [6.45, 7) is 7.47. The predicted octanol–water partition coefficient (Wildman–Crippen LogP) is 1.20. The van der Waals surface area contributed by atoms with Crippen molar-refractivity contribution in [3.8, 4) is 5.75 Å². The van der Waals surface area contributed by atoms with Crippen LogP contribution in [-0.2, 0) is 9.59 Å². The second-order valence-electron chi connectivity index (χ2n) is 5.69. The van der Waals surface area contributed by atoms with Crippen LogP contribution in [0.5, 0.6) is 5.75 Å². The summed E-state index contributed by atoms with van der Waals surface area (Å²) in [7, 11) is 0. The molecule has 2 rings (SSSR count). The fourth-order valence-corrected chi connectivity index (χ4v) is 2.56. The number of nitrogens with zero attached hydrogens (tertiary/aromatic N) is 3. The van der Waals surface area contributed by atoms with Crippen molar-refractivity contribution in [1.29, 1.82) is 0 Å². The first-order chi connectivity index (χ1) is 12.0. The molecule has 25 heavy (non-hydrogen) atoms. The maximum absolute atomic E-state index is 11.9. The van der Waals surface area contributed by atoms with Crippen LogP contribution in [0, 0.1) is 5.92 Å². The van der Waals surface area contributed by atoms with Crippen molar-refractivity contribution in [3.63, 3.8) is 0 Å². The molecular formula is C17H23N5O3. The van der Waals surface area contributed by atoms with Crippen LogP contribution >= 0.6 is 0 Å². The van der Waals surface area contributed by atoms with E-state index in [0.29, 0.717) is 11.3 Å². The highest BCUT2D eigenvalue weighted by Gasteiger charge is 2.28. The Kier molecular flexibility index (Phi) is 6.10. The number of benzene rings is 1. The first kappa shape index (κ1) is 18.4. The Labute approximate surface area is 146 Å². The quantitative estimate of drug-likeness (QED) is 0.510. The lowest BCUT2D eigenvalue weighted by Crippen LogP contribution is -2.29. The SMILES string of the molecule is CCN(CC)c1ccc(C=NNC(=O)C[C@@H]2C(=O)NN=C2C)c(O)c1. The van der Waals surface area contributed by atoms with Crippen molar-refractivity contribution in [2.75, 3.05) is 18.0 Å². The van der Waals surface area contributed by atoms with Crippen molar-refractivity contribution < 1.29 is 14.7 Å². The Balaban J connectivity index is 1.94. The van der Waals surface area contributed by atoms with Gasteiger partial charge in [0.25, 0.3) is 0 Å². The molecule has 0 spiro atoms. The lowest BCUT2D eigenvalue weighted by atomic mass is 10.0. The Morgan fingerprint density at radius 3 is 2.72 bits per heavy atom. The summed E-state index contributed by atoms with van der Waals surface area (Å²) in [6, 6.07) is 5.29. The summed E-state index contributed by atoms with van der Waals surface area (Å²) in [5.41, 5.74) is 6.68. The zero-order valence-electron chi connectivity index (χ0n) is 14.6. The molecule has 0 radical (unpaired) electrons. The normalized spacial score (nSPS) is 16.7. The average molecular weight is 345 g/mol. The highest BCUT2D eigenvalue weighted by Crippen LogP contribution is 2.23. The maximum Gasteiger partial charge on any atom is 0.249 e. The number of rotatable bonds is 7. The van der Waals surface area contributed by atoms with E-state index in [1.54, 1.807) is 19.1 Å². The number of aromatic hydroxyl groups is 1. The fourth-order valence-electron chi connectivity index (χ4n) is 2.56. The van der Waals surface area contributed by atoms with Crippen LogP contribution in [0.4, 0.5) is 5.69 Å². The Morgan fingerprint density at radius 2 is 2.16 bits per heavy atom. The number of hydrogen-bond donors (Lipinski definition) is 3. The van der Waals surface area contributed by atoms with E-state index in [2.05, 4.69) is 26.0 Å². The third-order valence-corrected chi connectivity index (χ3v) is 4.09. The summed E-state index contributed by atoms with van der Waals surface area (Å²) in [5, 5.41) is 17.7. The molecule has 1 atom stereocenters. The van der Waals surface area contributed by atoms with Crippen LogP contribution in [0.1, 0.15) is 32.8 Å². The lowest BCUT2D eigenvalue weighted by molar-refractivity contribution is -0.127. The summed E-state index contributed by atoms with van der Waals surface area (Å²) < 4.78 is 0. The molecule has 1 aromatic carbocycles. The summed E-state index contributed by atoms with van der Waals surface area (Å²) in [4.78, 5) is 25.5. The Hall–Kier alpha value is -2.90. The number of phenols is 1. The van der Waals surface area contributed by atoms with Crippen molar-refractivity contribution in [3.05, 3.63) is 23.8 Å². The number of nitrogens with one attached hydrogen (secondary N) is 2. The smallest absolute Gasteiger partial charge is 0.249 e. The number of phenolic OH excluding ortho intramolecular Hbond substituents is 1. The van der Waals surface area contributed by atoms with Crippen molar-refractivity contribution in [2.45, 2.75) is 27.2 Å². The average Bonchev–Trinajstić information content (AvgIpc) is 2.90. The molecule has 0 aliphatic carbocycles. The maximum atomic E-state index is 11.9. The van der Waals surface area contributed by atoms with E-state index in [1.807, 2.05) is 19.9 Å². The first-order valence-electron chi connectivity index (χ1n) is 8.20. The van der Waals surface area contributed by atoms with Gasteiger partial charge in [-0.3, -0.25) is 9.59 Å². The van der Waals surface area contributed by atoms with E-state index >= 15 is 0 Å². The van der Waals surface area contributed by atoms with E-state index in [1.165, 1.54) is 6.21 Å². The van der Waals surface area contributed by atoms with Crippen LogP contribution in [-0.4, -0.2) is 41.9 Å². The summed E-state index contributed by atoms with van der Waals surface area (Å²) >= 11 is 0. The molecule has 8 heteroatoms. The third kappa shape index (κ3) is 4.56. The zero-order valence-corrected chi connectivity index (χ0v) is 14.6. The molecule has 134 valence electrons. The predicted molar refractivity (Wildman–Crippen MR) is 96.8 cm³/mol. The number of carbonyl (C=O) groups is 2. The van der Waals surface area contributed by atoms with Crippen molar-refractivity contribution in [2.24, 2.45) is 16.1 Å².